The van der Waals surface area contributed by atoms with E-state index in [9.17, 15) is 20.4 Å². The molecule has 3 rings (SSSR count). The van der Waals surface area contributed by atoms with E-state index in [0.29, 0.717) is 24.2 Å². The molecule has 3 aliphatic rings. The minimum Gasteiger partial charge on any atom is -0.508 e. The molecule has 0 bridgehead atoms. The molecule has 21 heavy (non-hydrogen) atoms. The largest absolute Gasteiger partial charge is 0.508 e. The van der Waals surface area contributed by atoms with Crippen LogP contribution in [0.2, 0.25) is 0 Å². The van der Waals surface area contributed by atoms with Gasteiger partial charge in [0.2, 0.25) is 0 Å². The normalized spacial score (nSPS) is 40.0. The quantitative estimate of drug-likeness (QED) is 0.594. The van der Waals surface area contributed by atoms with Crippen molar-refractivity contribution in [2.24, 2.45) is 11.8 Å². The summed E-state index contributed by atoms with van der Waals surface area (Å²) in [6, 6.07) is 0. The number of fused-ring (bicyclic) bond motifs is 1. The number of hydrogen-bond donors (Lipinski definition) is 4. The number of hydrogen-bond acceptors (Lipinski definition) is 5. The Kier molecular flexibility index (Phi) is 3.71. The van der Waals surface area contributed by atoms with E-state index in [1.54, 1.807) is 13.0 Å². The van der Waals surface area contributed by atoms with Crippen LogP contribution in [0.5, 0.6) is 0 Å². The second kappa shape index (κ2) is 5.39. The molecule has 1 heterocycles. The van der Waals surface area contributed by atoms with Crippen molar-refractivity contribution < 1.29 is 25.2 Å². The summed E-state index contributed by atoms with van der Waals surface area (Å²) in [6.45, 7) is 1.76. The van der Waals surface area contributed by atoms with E-state index in [1.807, 2.05) is 6.08 Å². The average Bonchev–Trinajstić information content (AvgIpc) is 2.43. The van der Waals surface area contributed by atoms with Gasteiger partial charge >= 0.3 is 0 Å². The lowest BCUT2D eigenvalue weighted by molar-refractivity contribution is -0.0436. The van der Waals surface area contributed by atoms with Gasteiger partial charge in [-0.1, -0.05) is 6.08 Å². The smallest absolute Gasteiger partial charge is 0.155 e. The maximum Gasteiger partial charge on any atom is 0.155 e. The van der Waals surface area contributed by atoms with Crippen molar-refractivity contribution in [2.45, 2.75) is 50.9 Å². The fourth-order valence-corrected chi connectivity index (χ4v) is 3.57. The number of aliphatic hydroxyl groups excluding tert-OH is 4. The molecule has 4 N–H and O–H groups in total. The first-order valence-electron chi connectivity index (χ1n) is 7.50. The molecular formula is C16H22O5. The van der Waals surface area contributed by atoms with Crippen LogP contribution < -0.4 is 0 Å². The Hall–Kier alpha value is -1.46. The van der Waals surface area contributed by atoms with Crippen molar-refractivity contribution in [1.82, 2.24) is 0 Å². The predicted octanol–water partition coefficient (Wildman–Crippen LogP) is 2.08. The van der Waals surface area contributed by atoms with Gasteiger partial charge in [-0.3, -0.25) is 0 Å². The highest BCUT2D eigenvalue weighted by Crippen LogP contribution is 2.40. The predicted molar refractivity (Wildman–Crippen MR) is 76.5 cm³/mol. The zero-order valence-electron chi connectivity index (χ0n) is 12.1. The summed E-state index contributed by atoms with van der Waals surface area (Å²) in [5.74, 6) is 0.600. The fourth-order valence-electron chi connectivity index (χ4n) is 3.57. The topological polar surface area (TPSA) is 90.2 Å². The minimum absolute atomic E-state index is 0.000961. The van der Waals surface area contributed by atoms with Crippen molar-refractivity contribution >= 4 is 0 Å². The Morgan fingerprint density at radius 3 is 2.62 bits per heavy atom. The monoisotopic (exact) mass is 294 g/mol. The van der Waals surface area contributed by atoms with Crippen LogP contribution in [0.1, 0.15) is 32.6 Å². The van der Waals surface area contributed by atoms with E-state index in [2.05, 4.69) is 0 Å². The van der Waals surface area contributed by atoms with Crippen molar-refractivity contribution in [1.29, 1.82) is 0 Å². The van der Waals surface area contributed by atoms with E-state index in [-0.39, 0.29) is 29.5 Å². The summed E-state index contributed by atoms with van der Waals surface area (Å²) >= 11 is 0. The Morgan fingerprint density at radius 2 is 1.90 bits per heavy atom. The molecule has 0 aromatic carbocycles. The third-order valence-corrected chi connectivity index (χ3v) is 4.74. The molecule has 0 aromatic heterocycles. The van der Waals surface area contributed by atoms with Crippen molar-refractivity contribution in [3.63, 3.8) is 0 Å². The first-order chi connectivity index (χ1) is 9.95. The fraction of sp³-hybridized carbons (Fsp3) is 0.625. The first-order valence-corrected chi connectivity index (χ1v) is 7.50. The van der Waals surface area contributed by atoms with Crippen LogP contribution in [0, 0.1) is 11.8 Å². The zero-order chi connectivity index (χ0) is 15.1. The maximum absolute atomic E-state index is 10.0. The van der Waals surface area contributed by atoms with Gasteiger partial charge in [0.05, 0.1) is 12.2 Å². The van der Waals surface area contributed by atoms with E-state index in [1.165, 1.54) is 0 Å². The Labute approximate surface area is 123 Å². The molecule has 5 heteroatoms. The molecule has 5 nitrogen and oxygen atoms in total. The molecule has 4 unspecified atom stereocenters. The Bertz CT molecular complexity index is 519. The van der Waals surface area contributed by atoms with Gasteiger partial charge in [-0.05, 0) is 31.4 Å². The van der Waals surface area contributed by atoms with Gasteiger partial charge in [0.15, 0.2) is 5.76 Å². The molecule has 1 fully saturated rings. The summed E-state index contributed by atoms with van der Waals surface area (Å²) in [4.78, 5) is 0. The van der Waals surface area contributed by atoms with E-state index >= 15 is 0 Å². The highest BCUT2D eigenvalue weighted by molar-refractivity contribution is 5.31. The van der Waals surface area contributed by atoms with Crippen LogP contribution in [0.4, 0.5) is 0 Å². The van der Waals surface area contributed by atoms with Crippen LogP contribution in [0.25, 0.3) is 0 Å². The van der Waals surface area contributed by atoms with Crippen molar-refractivity contribution in [2.75, 3.05) is 0 Å². The van der Waals surface area contributed by atoms with Crippen LogP contribution in [0.3, 0.4) is 0 Å². The lowest BCUT2D eigenvalue weighted by atomic mass is 9.79. The molecule has 0 aromatic rings. The van der Waals surface area contributed by atoms with Crippen LogP contribution in [-0.4, -0.2) is 38.7 Å². The number of aliphatic hydroxyl groups is 4. The van der Waals surface area contributed by atoms with E-state index in [4.69, 9.17) is 4.74 Å². The van der Waals surface area contributed by atoms with Crippen LogP contribution in [-0.2, 0) is 4.74 Å². The second-order valence-electron chi connectivity index (χ2n) is 6.29. The average molecular weight is 294 g/mol. The standard InChI is InChI=1S/C16H22O5/c1-8-4-9(5-13(19)16(8)20)14-3-2-11-12(18)6-10(17)7-15(11)21-14/h4,7,9-12,14,17-20H,2-3,5-6H2,1H3/t9?,10?,11?,12?,14-/m0/s1. The zero-order valence-corrected chi connectivity index (χ0v) is 12.1. The van der Waals surface area contributed by atoms with Gasteiger partial charge < -0.3 is 25.2 Å². The minimum atomic E-state index is -0.661. The molecule has 0 saturated carbocycles. The highest BCUT2D eigenvalue weighted by atomic mass is 16.5. The number of ether oxygens (including phenoxy) is 1. The van der Waals surface area contributed by atoms with Crippen molar-refractivity contribution in [3.05, 3.63) is 35.0 Å². The summed E-state index contributed by atoms with van der Waals surface area (Å²) in [5, 5.41) is 39.2. The van der Waals surface area contributed by atoms with Crippen LogP contribution >= 0.6 is 0 Å². The molecule has 2 aliphatic carbocycles. The Balaban J connectivity index is 1.75. The molecule has 1 aliphatic heterocycles. The lowest BCUT2D eigenvalue weighted by Crippen LogP contribution is -2.39. The third-order valence-electron chi connectivity index (χ3n) is 4.74. The first kappa shape index (κ1) is 14.5. The molecule has 0 spiro atoms. The highest BCUT2D eigenvalue weighted by Gasteiger charge is 2.39. The summed E-state index contributed by atoms with van der Waals surface area (Å²) in [5.41, 5.74) is 0.659. The molecule has 0 radical (unpaired) electrons. The van der Waals surface area contributed by atoms with E-state index < -0.39 is 12.2 Å². The van der Waals surface area contributed by atoms with Gasteiger partial charge in [-0.15, -0.1) is 0 Å². The van der Waals surface area contributed by atoms with E-state index in [0.717, 1.165) is 12.8 Å². The third kappa shape index (κ3) is 2.68. The van der Waals surface area contributed by atoms with Crippen LogP contribution in [0.15, 0.2) is 35.0 Å². The summed E-state index contributed by atoms with van der Waals surface area (Å²) in [6.07, 6.45) is 4.62. The molecular weight excluding hydrogens is 272 g/mol. The lowest BCUT2D eigenvalue weighted by Gasteiger charge is -2.40. The Morgan fingerprint density at radius 1 is 1.14 bits per heavy atom. The number of allylic oxidation sites excluding steroid dienone is 2. The van der Waals surface area contributed by atoms with Gasteiger partial charge in [0.1, 0.15) is 17.6 Å². The summed E-state index contributed by atoms with van der Waals surface area (Å²) in [7, 11) is 0. The molecule has 5 atom stereocenters. The molecule has 0 amide bonds. The summed E-state index contributed by atoms with van der Waals surface area (Å²) < 4.78 is 5.98. The maximum atomic E-state index is 10.0. The van der Waals surface area contributed by atoms with Gasteiger partial charge in [0, 0.05) is 24.7 Å². The molecule has 1 saturated heterocycles. The van der Waals surface area contributed by atoms with Gasteiger partial charge in [0.25, 0.3) is 0 Å². The van der Waals surface area contributed by atoms with Gasteiger partial charge in [-0.25, -0.2) is 0 Å². The second-order valence-corrected chi connectivity index (χ2v) is 6.29. The SMILES string of the molecule is CC1=CC([C@@H]2CCC3C(=CC(O)CC3O)O2)CC(O)=C1O. The number of rotatable bonds is 1. The van der Waals surface area contributed by atoms with Crippen molar-refractivity contribution in [3.8, 4) is 0 Å². The van der Waals surface area contributed by atoms with Gasteiger partial charge in [-0.2, -0.15) is 0 Å². The molecule has 116 valence electrons.